The summed E-state index contributed by atoms with van der Waals surface area (Å²) in [6.07, 6.45) is 2.51. The fraction of sp³-hybridized carbons (Fsp3) is 0.321. The molecule has 4 nitrogen and oxygen atoms in total. The maximum atomic E-state index is 14.5. The number of para-hydroxylation sites is 1. The SMILES string of the molecule is CN(C(=O)c1cccs1)[C@H](Cc1ccccc1F)C1CCN(Cc2cc3ccccc3[nH]2)CC1. The van der Waals surface area contributed by atoms with Crippen molar-refractivity contribution in [2.75, 3.05) is 20.1 Å². The van der Waals surface area contributed by atoms with Gasteiger partial charge in [0.05, 0.1) is 4.88 Å². The predicted octanol–water partition coefficient (Wildman–Crippen LogP) is 5.96. The standard InChI is InChI=1S/C28H30FN3OS/c1-31(28(33)27-11-6-16-34-27)26(18-21-7-2-4-9-24(21)29)20-12-14-32(15-13-20)19-23-17-22-8-3-5-10-25(22)30-23/h2-11,16-17,20,26,30H,12-15,18-19H2,1H3/t26-/m1/s1. The number of aromatic amines is 1. The van der Waals surface area contributed by atoms with Gasteiger partial charge in [-0.15, -0.1) is 11.3 Å². The van der Waals surface area contributed by atoms with Gasteiger partial charge in [0.1, 0.15) is 5.82 Å². The summed E-state index contributed by atoms with van der Waals surface area (Å²) in [4.78, 5) is 21.8. The van der Waals surface area contributed by atoms with Crippen LogP contribution in [-0.4, -0.2) is 46.9 Å². The first-order valence-electron chi connectivity index (χ1n) is 11.9. The number of nitrogens with one attached hydrogen (secondary N) is 1. The number of hydrogen-bond donors (Lipinski definition) is 1. The number of hydrogen-bond acceptors (Lipinski definition) is 3. The number of carbonyl (C=O) groups is 1. The Kier molecular flexibility index (Phi) is 6.79. The zero-order chi connectivity index (χ0) is 23.5. The van der Waals surface area contributed by atoms with Crippen LogP contribution in [0.25, 0.3) is 10.9 Å². The van der Waals surface area contributed by atoms with Crippen LogP contribution in [-0.2, 0) is 13.0 Å². The highest BCUT2D eigenvalue weighted by Crippen LogP contribution is 2.29. The summed E-state index contributed by atoms with van der Waals surface area (Å²) in [5.41, 5.74) is 3.08. The van der Waals surface area contributed by atoms with Crippen LogP contribution in [0, 0.1) is 11.7 Å². The largest absolute Gasteiger partial charge is 0.357 e. The van der Waals surface area contributed by atoms with E-state index < -0.39 is 0 Å². The molecule has 2 aromatic heterocycles. The van der Waals surface area contributed by atoms with E-state index in [-0.39, 0.29) is 17.8 Å². The Morgan fingerprint density at radius 2 is 1.88 bits per heavy atom. The summed E-state index contributed by atoms with van der Waals surface area (Å²) in [5.74, 6) is 0.157. The molecule has 2 aromatic carbocycles. The van der Waals surface area contributed by atoms with Crippen LogP contribution < -0.4 is 0 Å². The van der Waals surface area contributed by atoms with Gasteiger partial charge in [-0.1, -0.05) is 42.5 Å². The number of rotatable bonds is 7. The van der Waals surface area contributed by atoms with Crippen molar-refractivity contribution < 1.29 is 9.18 Å². The molecule has 1 N–H and O–H groups in total. The molecule has 1 fully saturated rings. The molecule has 1 atom stereocenters. The number of benzene rings is 2. The third-order valence-corrected chi connectivity index (χ3v) is 7.95. The van der Waals surface area contributed by atoms with Crippen molar-refractivity contribution in [2.24, 2.45) is 5.92 Å². The molecule has 3 heterocycles. The molecule has 0 bridgehead atoms. The van der Waals surface area contributed by atoms with Crippen LogP contribution >= 0.6 is 11.3 Å². The highest BCUT2D eigenvalue weighted by molar-refractivity contribution is 7.12. The lowest BCUT2D eigenvalue weighted by Crippen LogP contribution is -2.47. The maximum absolute atomic E-state index is 14.5. The summed E-state index contributed by atoms with van der Waals surface area (Å²) in [7, 11) is 1.88. The number of fused-ring (bicyclic) bond motifs is 1. The molecule has 5 rings (SSSR count). The number of amides is 1. The van der Waals surface area contributed by atoms with Gasteiger partial charge in [-0.05, 0) is 78.9 Å². The van der Waals surface area contributed by atoms with Crippen molar-refractivity contribution in [1.29, 1.82) is 0 Å². The summed E-state index contributed by atoms with van der Waals surface area (Å²) in [6, 6.07) is 21.3. The predicted molar refractivity (Wildman–Crippen MR) is 137 cm³/mol. The number of nitrogens with zero attached hydrogens (tertiary/aromatic N) is 2. The van der Waals surface area contributed by atoms with Crippen molar-refractivity contribution >= 4 is 28.1 Å². The Hall–Kier alpha value is -2.96. The van der Waals surface area contributed by atoms with Gasteiger partial charge >= 0.3 is 0 Å². The summed E-state index contributed by atoms with van der Waals surface area (Å²) in [5, 5.41) is 3.17. The Bertz CT molecular complexity index is 1210. The normalized spacial score (nSPS) is 16.1. The number of halogens is 1. The third-order valence-electron chi connectivity index (χ3n) is 7.09. The van der Waals surface area contributed by atoms with E-state index in [4.69, 9.17) is 0 Å². The number of likely N-dealkylation sites (N-methyl/N-ethyl adjacent to an activating group) is 1. The van der Waals surface area contributed by atoms with Gasteiger partial charge in [0.2, 0.25) is 0 Å². The minimum Gasteiger partial charge on any atom is -0.357 e. The number of aromatic nitrogens is 1. The van der Waals surface area contributed by atoms with Crippen molar-refractivity contribution in [1.82, 2.24) is 14.8 Å². The zero-order valence-electron chi connectivity index (χ0n) is 19.4. The van der Waals surface area contributed by atoms with Gasteiger partial charge in [-0.25, -0.2) is 4.39 Å². The van der Waals surface area contributed by atoms with Gasteiger partial charge in [0, 0.05) is 30.8 Å². The van der Waals surface area contributed by atoms with E-state index in [0.717, 1.165) is 37.4 Å². The van der Waals surface area contributed by atoms with E-state index in [1.54, 1.807) is 6.07 Å². The molecule has 0 radical (unpaired) electrons. The maximum Gasteiger partial charge on any atom is 0.263 e. The Morgan fingerprint density at radius 1 is 1.12 bits per heavy atom. The fourth-order valence-electron chi connectivity index (χ4n) is 5.19. The molecule has 34 heavy (non-hydrogen) atoms. The molecular weight excluding hydrogens is 445 g/mol. The van der Waals surface area contributed by atoms with E-state index in [2.05, 4.69) is 40.2 Å². The van der Waals surface area contributed by atoms with Crippen molar-refractivity contribution in [2.45, 2.75) is 31.8 Å². The molecule has 0 aliphatic carbocycles. The van der Waals surface area contributed by atoms with E-state index in [1.807, 2.05) is 41.6 Å². The van der Waals surface area contributed by atoms with E-state index in [9.17, 15) is 9.18 Å². The molecule has 4 aromatic rings. The molecule has 1 aliphatic rings. The second-order valence-electron chi connectivity index (χ2n) is 9.25. The molecule has 176 valence electrons. The zero-order valence-corrected chi connectivity index (χ0v) is 20.2. The Morgan fingerprint density at radius 3 is 2.62 bits per heavy atom. The van der Waals surface area contributed by atoms with Crippen LogP contribution in [0.1, 0.15) is 33.8 Å². The Balaban J connectivity index is 1.29. The van der Waals surface area contributed by atoms with Gasteiger partial charge < -0.3 is 9.88 Å². The Labute approximate surface area is 204 Å². The average Bonchev–Trinajstić information content (AvgIpc) is 3.53. The van der Waals surface area contributed by atoms with Crippen molar-refractivity contribution in [3.05, 3.63) is 94.1 Å². The lowest BCUT2D eigenvalue weighted by molar-refractivity contribution is 0.0587. The molecule has 0 unspecified atom stereocenters. The van der Waals surface area contributed by atoms with Gasteiger partial charge in [-0.2, -0.15) is 0 Å². The van der Waals surface area contributed by atoms with Crippen LogP contribution in [0.2, 0.25) is 0 Å². The minimum atomic E-state index is -0.194. The second-order valence-corrected chi connectivity index (χ2v) is 10.2. The third kappa shape index (κ3) is 4.93. The lowest BCUT2D eigenvalue weighted by atomic mass is 9.84. The van der Waals surface area contributed by atoms with Crippen LogP contribution in [0.4, 0.5) is 4.39 Å². The fourth-order valence-corrected chi connectivity index (χ4v) is 5.89. The number of piperidine rings is 1. The molecule has 0 spiro atoms. The first kappa shape index (κ1) is 22.8. The monoisotopic (exact) mass is 475 g/mol. The lowest BCUT2D eigenvalue weighted by Gasteiger charge is -2.40. The number of carbonyl (C=O) groups excluding carboxylic acids is 1. The number of likely N-dealkylation sites (tertiary alicyclic amines) is 1. The smallest absolute Gasteiger partial charge is 0.263 e. The van der Waals surface area contributed by atoms with Crippen LogP contribution in [0.15, 0.2) is 72.1 Å². The van der Waals surface area contributed by atoms with E-state index in [1.165, 1.54) is 34.0 Å². The molecule has 6 heteroatoms. The highest BCUT2D eigenvalue weighted by Gasteiger charge is 2.32. The molecule has 0 saturated carbocycles. The number of thiophene rings is 1. The molecule has 1 saturated heterocycles. The van der Waals surface area contributed by atoms with Gasteiger partial charge in [-0.3, -0.25) is 9.69 Å². The first-order chi connectivity index (χ1) is 16.6. The molecule has 1 aliphatic heterocycles. The highest BCUT2D eigenvalue weighted by atomic mass is 32.1. The quantitative estimate of drug-likeness (QED) is 0.358. The van der Waals surface area contributed by atoms with Gasteiger partial charge in [0.25, 0.3) is 5.91 Å². The van der Waals surface area contributed by atoms with Gasteiger partial charge in [0.15, 0.2) is 0 Å². The molecule has 1 amide bonds. The van der Waals surface area contributed by atoms with Crippen molar-refractivity contribution in [3.8, 4) is 0 Å². The first-order valence-corrected chi connectivity index (χ1v) is 12.8. The summed E-state index contributed by atoms with van der Waals surface area (Å²) >= 11 is 1.46. The van der Waals surface area contributed by atoms with Crippen LogP contribution in [0.3, 0.4) is 0 Å². The summed E-state index contributed by atoms with van der Waals surface area (Å²) < 4.78 is 14.5. The van der Waals surface area contributed by atoms with Crippen molar-refractivity contribution in [3.63, 3.8) is 0 Å². The second kappa shape index (κ2) is 10.1. The minimum absolute atomic E-state index is 0.0249. The summed E-state index contributed by atoms with van der Waals surface area (Å²) in [6.45, 7) is 2.83. The number of H-pyrrole nitrogens is 1. The van der Waals surface area contributed by atoms with Crippen LogP contribution in [0.5, 0.6) is 0 Å². The van der Waals surface area contributed by atoms with E-state index in [0.29, 0.717) is 17.9 Å². The molecular formula is C28H30FN3OS. The average molecular weight is 476 g/mol. The van der Waals surface area contributed by atoms with E-state index >= 15 is 0 Å². The topological polar surface area (TPSA) is 39.3 Å².